The number of carboxylic acid groups (broad SMARTS) is 1. The van der Waals surface area contributed by atoms with Gasteiger partial charge in [0.15, 0.2) is 0 Å². The molecule has 0 radical (unpaired) electrons. The first-order valence-corrected chi connectivity index (χ1v) is 23.4. The lowest BCUT2D eigenvalue weighted by atomic mass is 9.84. The van der Waals surface area contributed by atoms with Crippen LogP contribution in [0.5, 0.6) is 0 Å². The Morgan fingerprint density at radius 1 is 0.817 bits per heavy atom. The van der Waals surface area contributed by atoms with Gasteiger partial charge in [0.05, 0.1) is 18.0 Å². The lowest BCUT2D eigenvalue weighted by Crippen LogP contribution is -2.37. The topological polar surface area (TPSA) is 126 Å². The highest BCUT2D eigenvalue weighted by molar-refractivity contribution is 5.94. The molecule has 1 fully saturated rings. The second-order valence-corrected chi connectivity index (χ2v) is 19.3. The summed E-state index contributed by atoms with van der Waals surface area (Å²) in [7, 11) is 0. The zero-order valence-corrected chi connectivity index (χ0v) is 38.6. The monoisotopic (exact) mass is 821 g/mol. The summed E-state index contributed by atoms with van der Waals surface area (Å²) in [6.07, 6.45) is 24.0. The van der Waals surface area contributed by atoms with E-state index in [9.17, 15) is 15.0 Å². The quantitative estimate of drug-likeness (QED) is 0.0501. The first-order valence-electron chi connectivity index (χ1n) is 23.4. The molecule has 8 heteroatoms. The van der Waals surface area contributed by atoms with Gasteiger partial charge in [0, 0.05) is 45.3 Å². The molecule has 8 nitrogen and oxygen atoms in total. The summed E-state index contributed by atoms with van der Waals surface area (Å²) in [4.78, 5) is 24.0. The number of fused-ring (bicyclic) bond motifs is 8. The van der Waals surface area contributed by atoms with Crippen LogP contribution >= 0.6 is 0 Å². The van der Waals surface area contributed by atoms with E-state index in [-0.39, 0.29) is 17.7 Å². The second kappa shape index (κ2) is 20.1. The molecule has 5 atom stereocenters. The number of carboxylic acids is 1. The van der Waals surface area contributed by atoms with Crippen molar-refractivity contribution in [2.45, 2.75) is 159 Å². The summed E-state index contributed by atoms with van der Waals surface area (Å²) in [6, 6.07) is -0.268. The fourth-order valence-corrected chi connectivity index (χ4v) is 10.2. The Balaban J connectivity index is 1.13. The number of ether oxygens (including phenoxy) is 1. The lowest BCUT2D eigenvalue weighted by molar-refractivity contribution is -0.138. The van der Waals surface area contributed by atoms with Crippen molar-refractivity contribution in [3.8, 4) is 0 Å². The van der Waals surface area contributed by atoms with Crippen LogP contribution < -0.4 is 26.6 Å². The van der Waals surface area contributed by atoms with E-state index >= 15 is 0 Å². The van der Waals surface area contributed by atoms with Crippen LogP contribution in [0.2, 0.25) is 0 Å². The SMILES string of the molecule is CCc1c(C)/c2[nH]/c1=C\c1[nH]c3c(c1C)=C(O)[C@@H](C(=O)O)C=3C1N/C(=C\c3[nH]c(c(C)c3C)\C=2)C[C@@H]1CCCOC/C=C(\C)CCC[C@H](C)CCC[C@H](C)CCCC(C)C. The van der Waals surface area contributed by atoms with Crippen LogP contribution in [0.25, 0.3) is 29.6 Å². The standard InChI is InChI=1S/C52H76N4O4/c1-11-40-36(9)43-28-42-35(8)34(7)41(54-42)27-39-26-38(49(53-39)47-48(52(58)59)51(57)46-37(10)44(56-50(46)47)29-45(40)55-43)22-15-24-60-25-23-33(6)21-14-20-32(5)19-13-18-31(4)17-12-16-30(2)3/h23,27-32,38,48-49,53-57H,11-22,24-26H2,1-10H3,(H,58,59)/b33-23+,39-27-,43-28-,45-29-/t31-,32-,38+,48+,49?/m1/s1. The molecule has 60 heavy (non-hydrogen) atoms. The Labute approximate surface area is 359 Å². The second-order valence-electron chi connectivity index (χ2n) is 19.3. The number of H-pyrrole nitrogens is 3. The van der Waals surface area contributed by atoms with Gasteiger partial charge in [-0.3, -0.25) is 4.79 Å². The van der Waals surface area contributed by atoms with Crippen LogP contribution in [-0.4, -0.2) is 50.4 Å². The smallest absolute Gasteiger partial charge is 0.318 e. The summed E-state index contributed by atoms with van der Waals surface area (Å²) in [6.45, 7) is 23.6. The van der Waals surface area contributed by atoms with E-state index < -0.39 is 11.9 Å². The lowest BCUT2D eigenvalue weighted by Gasteiger charge is -2.24. The first kappa shape index (κ1) is 45.4. The number of aliphatic carboxylic acids is 1. The van der Waals surface area contributed by atoms with E-state index in [1.807, 2.05) is 6.92 Å². The van der Waals surface area contributed by atoms with Gasteiger partial charge in [-0.25, -0.2) is 0 Å². The van der Waals surface area contributed by atoms with Crippen molar-refractivity contribution in [3.05, 3.63) is 83.5 Å². The van der Waals surface area contributed by atoms with Gasteiger partial charge in [0.1, 0.15) is 11.7 Å². The Bertz CT molecular complexity index is 2310. The molecule has 328 valence electrons. The maximum Gasteiger partial charge on any atom is 0.318 e. The number of nitrogens with one attached hydrogen (secondary N) is 4. The van der Waals surface area contributed by atoms with E-state index in [1.54, 1.807) is 0 Å². The molecule has 6 rings (SSSR count). The summed E-state index contributed by atoms with van der Waals surface area (Å²) in [5.41, 5.74) is 11.9. The van der Waals surface area contributed by atoms with Gasteiger partial charge in [-0.15, -0.1) is 0 Å². The summed E-state index contributed by atoms with van der Waals surface area (Å²) < 4.78 is 6.18. The van der Waals surface area contributed by atoms with Gasteiger partial charge >= 0.3 is 5.97 Å². The number of hydrogen-bond donors (Lipinski definition) is 6. The minimum atomic E-state index is -1.11. The number of aliphatic hydroxyl groups excluding tert-OH is 1. The van der Waals surface area contributed by atoms with Crippen molar-refractivity contribution in [2.24, 2.45) is 29.6 Å². The predicted molar refractivity (Wildman–Crippen MR) is 248 cm³/mol. The summed E-state index contributed by atoms with van der Waals surface area (Å²) in [5.74, 6) is 0.360. The van der Waals surface area contributed by atoms with Gasteiger partial charge in [0.2, 0.25) is 0 Å². The van der Waals surface area contributed by atoms with Crippen molar-refractivity contribution in [2.75, 3.05) is 13.2 Å². The molecule has 0 aromatic carbocycles. The molecule has 1 unspecified atom stereocenters. The molecule has 1 saturated heterocycles. The average molecular weight is 821 g/mol. The molecule has 3 aromatic heterocycles. The Kier molecular flexibility index (Phi) is 15.2. The van der Waals surface area contributed by atoms with Crippen molar-refractivity contribution < 1.29 is 19.7 Å². The average Bonchev–Trinajstić information content (AvgIpc) is 3.95. The zero-order valence-electron chi connectivity index (χ0n) is 38.6. The molecular formula is C52H76N4O4. The van der Waals surface area contributed by atoms with Crippen LogP contribution in [0, 0.1) is 57.3 Å². The predicted octanol–water partition coefficient (Wildman–Crippen LogP) is 9.17. The third-order valence-electron chi connectivity index (χ3n) is 14.2. The van der Waals surface area contributed by atoms with Gasteiger partial charge in [-0.05, 0) is 148 Å². The molecule has 1 aliphatic carbocycles. The minimum absolute atomic E-state index is 0.0784. The highest BCUT2D eigenvalue weighted by Gasteiger charge is 2.43. The largest absolute Gasteiger partial charge is 0.510 e. The van der Waals surface area contributed by atoms with Gasteiger partial charge < -0.3 is 35.2 Å². The van der Waals surface area contributed by atoms with Crippen molar-refractivity contribution in [1.82, 2.24) is 20.3 Å². The van der Waals surface area contributed by atoms with Crippen molar-refractivity contribution >= 4 is 35.5 Å². The number of hydrogen-bond acceptors (Lipinski definition) is 4. The Morgan fingerprint density at radius 2 is 1.45 bits per heavy atom. The molecule has 0 spiro atoms. The van der Waals surface area contributed by atoms with E-state index in [1.165, 1.54) is 79.2 Å². The summed E-state index contributed by atoms with van der Waals surface area (Å²) in [5, 5.41) is 29.5. The summed E-state index contributed by atoms with van der Waals surface area (Å²) >= 11 is 0. The molecule has 2 aliphatic heterocycles. The maximum atomic E-state index is 13.0. The van der Waals surface area contributed by atoms with Gasteiger partial charge in [0.25, 0.3) is 0 Å². The van der Waals surface area contributed by atoms with Crippen LogP contribution in [0.15, 0.2) is 17.3 Å². The Morgan fingerprint density at radius 3 is 2.12 bits per heavy atom. The van der Waals surface area contributed by atoms with Gasteiger partial charge in [-0.2, -0.15) is 0 Å². The normalized spacial score (nSPS) is 21.7. The molecule has 5 heterocycles. The highest BCUT2D eigenvalue weighted by Crippen LogP contribution is 2.39. The van der Waals surface area contributed by atoms with Crippen LogP contribution in [-0.2, 0) is 16.0 Å². The number of allylic oxidation sites excluding steroid dienone is 2. The number of aliphatic hydroxyl groups is 1. The number of carbonyl (C=O) groups is 1. The maximum absolute atomic E-state index is 13.0. The van der Waals surface area contributed by atoms with Crippen LogP contribution in [0.3, 0.4) is 0 Å². The molecule has 8 bridgehead atoms. The van der Waals surface area contributed by atoms with Gasteiger partial charge in [-0.1, -0.05) is 91.2 Å². The molecule has 0 saturated carbocycles. The van der Waals surface area contributed by atoms with E-state index in [0.29, 0.717) is 24.0 Å². The fraction of sp³-hybridized carbons (Fsp3) is 0.596. The third-order valence-corrected chi connectivity index (χ3v) is 14.2. The molecule has 3 aliphatic rings. The molecule has 0 amide bonds. The minimum Gasteiger partial charge on any atom is -0.510 e. The number of aromatic nitrogens is 3. The van der Waals surface area contributed by atoms with Crippen LogP contribution in [0.4, 0.5) is 0 Å². The zero-order chi connectivity index (χ0) is 43.2. The van der Waals surface area contributed by atoms with Crippen molar-refractivity contribution in [3.63, 3.8) is 0 Å². The highest BCUT2D eigenvalue weighted by atomic mass is 16.5. The fourth-order valence-electron chi connectivity index (χ4n) is 10.2. The van der Waals surface area contributed by atoms with E-state index in [2.05, 4.69) is 107 Å². The molecule has 6 N–H and O–H groups in total. The third kappa shape index (κ3) is 10.3. The molecular weight excluding hydrogens is 745 g/mol. The number of rotatable bonds is 20. The van der Waals surface area contributed by atoms with E-state index in [0.717, 1.165) is 94.2 Å². The number of aromatic amines is 3. The first-order chi connectivity index (χ1) is 28.7. The van der Waals surface area contributed by atoms with E-state index in [4.69, 9.17) is 4.74 Å². The van der Waals surface area contributed by atoms with Crippen LogP contribution in [0.1, 0.15) is 163 Å². The molecule has 3 aromatic rings. The van der Waals surface area contributed by atoms with Crippen molar-refractivity contribution in [1.29, 1.82) is 0 Å². The Hall–Kier alpha value is -4.17.